The Bertz CT molecular complexity index is 419. The van der Waals surface area contributed by atoms with E-state index in [-0.39, 0.29) is 12.0 Å². The highest BCUT2D eigenvalue weighted by Gasteiger charge is 2.36. The largest absolute Gasteiger partial charge is 0.444 e. The van der Waals surface area contributed by atoms with Crippen LogP contribution in [0, 0.1) is 5.92 Å². The van der Waals surface area contributed by atoms with Crippen molar-refractivity contribution in [3.8, 4) is 0 Å². The number of hydroxylamine groups is 1. The van der Waals surface area contributed by atoms with Crippen LogP contribution in [0.3, 0.4) is 0 Å². The van der Waals surface area contributed by atoms with Crippen LogP contribution in [0.2, 0.25) is 0 Å². The number of rotatable bonds is 2. The van der Waals surface area contributed by atoms with E-state index in [1.807, 2.05) is 20.8 Å². The van der Waals surface area contributed by atoms with E-state index in [1.165, 1.54) is 0 Å². The van der Waals surface area contributed by atoms with Gasteiger partial charge in [-0.2, -0.15) is 4.28 Å². The second-order valence-corrected chi connectivity index (χ2v) is 6.45. The second-order valence-electron chi connectivity index (χ2n) is 5.67. The van der Waals surface area contributed by atoms with Gasteiger partial charge < -0.3 is 10.1 Å². The van der Waals surface area contributed by atoms with Gasteiger partial charge in [0.2, 0.25) is 0 Å². The average Bonchev–Trinajstić information content (AvgIpc) is 2.83. The lowest BCUT2D eigenvalue weighted by Crippen LogP contribution is -2.44. The molecule has 2 aliphatic rings. The first kappa shape index (κ1) is 14.3. The van der Waals surface area contributed by atoms with Gasteiger partial charge in [0.15, 0.2) is 0 Å². The number of nitrogens with one attached hydrogen (secondary N) is 2. The number of amidine groups is 1. The lowest BCUT2D eigenvalue weighted by atomic mass is 10.0. The molecule has 0 radical (unpaired) electrons. The maximum Gasteiger partial charge on any atom is 0.407 e. The monoisotopic (exact) mass is 289 g/mol. The smallest absolute Gasteiger partial charge is 0.407 e. The van der Waals surface area contributed by atoms with Crippen molar-refractivity contribution in [2.45, 2.75) is 51.7 Å². The molecular weight excluding hydrogens is 270 g/mol. The van der Waals surface area contributed by atoms with E-state index in [0.29, 0.717) is 5.84 Å². The van der Waals surface area contributed by atoms with Crippen LogP contribution >= 0.6 is 0 Å². The molecule has 108 valence electrons. The van der Waals surface area contributed by atoms with Crippen LogP contribution in [0.4, 0.5) is 4.79 Å². The van der Waals surface area contributed by atoms with Crippen molar-refractivity contribution in [2.24, 2.45) is 10.3 Å². The summed E-state index contributed by atoms with van der Waals surface area (Å²) in [6.45, 7) is 5.45. The minimum atomic E-state index is -1.66. The summed E-state index contributed by atoms with van der Waals surface area (Å²) in [4.78, 5) is 11.8. The topological polar surface area (TPSA) is 89.0 Å². The molecule has 8 heteroatoms. The van der Waals surface area contributed by atoms with Gasteiger partial charge in [-0.25, -0.2) is 14.5 Å². The van der Waals surface area contributed by atoms with Crippen molar-refractivity contribution in [3.05, 3.63) is 0 Å². The summed E-state index contributed by atoms with van der Waals surface area (Å²) >= 11 is -1.66. The fourth-order valence-electron chi connectivity index (χ4n) is 2.26. The number of carbonyl (C=O) groups is 1. The zero-order valence-electron chi connectivity index (χ0n) is 11.3. The fourth-order valence-corrected chi connectivity index (χ4v) is 2.79. The molecule has 3 atom stereocenters. The lowest BCUT2D eigenvalue weighted by Gasteiger charge is -2.24. The number of ether oxygens (including phenoxy) is 1. The SMILES string of the molecule is CC(C)(C)OC(=O)N[C@H]1CCC[C@H]1C1=NS(=O)ON1. The van der Waals surface area contributed by atoms with E-state index in [2.05, 4.69) is 19.5 Å². The molecule has 1 unspecified atom stereocenters. The number of carbonyl (C=O) groups excluding carboxylic acids is 1. The summed E-state index contributed by atoms with van der Waals surface area (Å²) < 4.78 is 24.8. The molecule has 1 saturated carbocycles. The molecule has 1 amide bonds. The predicted molar refractivity (Wildman–Crippen MR) is 70.3 cm³/mol. The Morgan fingerprint density at radius 3 is 2.84 bits per heavy atom. The lowest BCUT2D eigenvalue weighted by molar-refractivity contribution is 0.0499. The van der Waals surface area contributed by atoms with Crippen LogP contribution in [-0.4, -0.2) is 27.8 Å². The van der Waals surface area contributed by atoms with Crippen molar-refractivity contribution in [2.75, 3.05) is 0 Å². The third-order valence-corrected chi connectivity index (χ3v) is 3.53. The minimum absolute atomic E-state index is 0.000955. The molecule has 0 aromatic heterocycles. The highest BCUT2D eigenvalue weighted by atomic mass is 32.2. The molecule has 7 nitrogen and oxygen atoms in total. The Labute approximate surface area is 114 Å². The number of hydrogen-bond acceptors (Lipinski definition) is 5. The maximum absolute atomic E-state index is 11.8. The Balaban J connectivity index is 1.94. The van der Waals surface area contributed by atoms with E-state index >= 15 is 0 Å². The summed E-state index contributed by atoms with van der Waals surface area (Å²) in [5, 5.41) is 2.84. The van der Waals surface area contributed by atoms with Crippen LogP contribution in [0.25, 0.3) is 0 Å². The van der Waals surface area contributed by atoms with Crippen LogP contribution in [-0.2, 0) is 20.3 Å². The summed E-state index contributed by atoms with van der Waals surface area (Å²) in [7, 11) is 0. The normalized spacial score (nSPS) is 30.7. The molecule has 1 aliphatic heterocycles. The van der Waals surface area contributed by atoms with Gasteiger partial charge in [-0.1, -0.05) is 6.42 Å². The van der Waals surface area contributed by atoms with Gasteiger partial charge in [-0.15, -0.1) is 4.40 Å². The highest BCUT2D eigenvalue weighted by molar-refractivity contribution is 7.79. The molecule has 0 bridgehead atoms. The van der Waals surface area contributed by atoms with Gasteiger partial charge in [0, 0.05) is 12.0 Å². The summed E-state index contributed by atoms with van der Waals surface area (Å²) in [5.41, 5.74) is 2.04. The van der Waals surface area contributed by atoms with Gasteiger partial charge in [0.05, 0.1) is 0 Å². The first-order chi connectivity index (χ1) is 8.85. The molecule has 0 aromatic rings. The maximum atomic E-state index is 11.8. The zero-order chi connectivity index (χ0) is 14.0. The molecule has 1 aliphatic carbocycles. The zero-order valence-corrected chi connectivity index (χ0v) is 12.1. The Hall–Kier alpha value is -1.15. The van der Waals surface area contributed by atoms with E-state index < -0.39 is 23.0 Å². The fraction of sp³-hybridized carbons (Fsp3) is 0.818. The van der Waals surface area contributed by atoms with Crippen molar-refractivity contribution < 1.29 is 18.0 Å². The van der Waals surface area contributed by atoms with Crippen LogP contribution < -0.4 is 10.8 Å². The standard InChI is InChI=1S/C11H19N3O4S/c1-11(2,3)17-10(15)12-8-6-4-5-7(8)9-13-18-19(16)14-9/h7-8H,4-6H2,1-3H3,(H,12,15)(H,13,14)/t7-,8+,19?/m1/s1. The van der Waals surface area contributed by atoms with Crippen LogP contribution in [0.15, 0.2) is 4.40 Å². The molecule has 19 heavy (non-hydrogen) atoms. The molecule has 0 saturated heterocycles. The highest BCUT2D eigenvalue weighted by Crippen LogP contribution is 2.28. The van der Waals surface area contributed by atoms with Gasteiger partial charge in [-0.05, 0) is 33.6 Å². The van der Waals surface area contributed by atoms with Crippen molar-refractivity contribution in [1.29, 1.82) is 0 Å². The molecule has 0 aromatic carbocycles. The molecule has 2 N–H and O–H groups in total. The second kappa shape index (κ2) is 5.46. The van der Waals surface area contributed by atoms with Gasteiger partial charge in [0.1, 0.15) is 11.4 Å². The van der Waals surface area contributed by atoms with Crippen LogP contribution in [0.5, 0.6) is 0 Å². The van der Waals surface area contributed by atoms with Gasteiger partial charge >= 0.3 is 17.4 Å². The third-order valence-electron chi connectivity index (χ3n) is 2.96. The van der Waals surface area contributed by atoms with E-state index in [0.717, 1.165) is 19.3 Å². The van der Waals surface area contributed by atoms with Crippen LogP contribution in [0.1, 0.15) is 40.0 Å². The summed E-state index contributed by atoms with van der Waals surface area (Å²) in [5.74, 6) is 0.538. The Kier molecular flexibility index (Phi) is 4.10. The van der Waals surface area contributed by atoms with Crippen molar-refractivity contribution >= 4 is 23.2 Å². The first-order valence-corrected chi connectivity index (χ1v) is 7.32. The average molecular weight is 289 g/mol. The van der Waals surface area contributed by atoms with Crippen molar-refractivity contribution in [1.82, 2.24) is 10.8 Å². The molecule has 2 rings (SSSR count). The van der Waals surface area contributed by atoms with Crippen molar-refractivity contribution in [3.63, 3.8) is 0 Å². The van der Waals surface area contributed by atoms with Gasteiger partial charge in [0.25, 0.3) is 0 Å². The summed E-state index contributed by atoms with van der Waals surface area (Å²) in [6.07, 6.45) is 2.24. The molecule has 1 fully saturated rings. The number of hydrogen-bond donors (Lipinski definition) is 2. The predicted octanol–water partition coefficient (Wildman–Crippen LogP) is 1.19. The summed E-state index contributed by atoms with van der Waals surface area (Å²) in [6, 6.07) is -0.0696. The van der Waals surface area contributed by atoms with Gasteiger partial charge in [-0.3, -0.25) is 0 Å². The number of amides is 1. The molecule has 0 spiro atoms. The third kappa shape index (κ3) is 3.90. The molecular formula is C11H19N3O4S. The van der Waals surface area contributed by atoms with E-state index in [1.54, 1.807) is 0 Å². The Morgan fingerprint density at radius 1 is 1.53 bits per heavy atom. The first-order valence-electron chi connectivity index (χ1n) is 6.28. The van der Waals surface area contributed by atoms with E-state index in [4.69, 9.17) is 4.74 Å². The quantitative estimate of drug-likeness (QED) is 0.797. The molecule has 1 heterocycles. The number of nitrogens with zero attached hydrogens (tertiary/aromatic N) is 1. The Morgan fingerprint density at radius 2 is 2.26 bits per heavy atom. The minimum Gasteiger partial charge on any atom is -0.444 e. The van der Waals surface area contributed by atoms with E-state index in [9.17, 15) is 9.00 Å². The number of alkyl carbamates (subject to hydrolysis) is 1.